The zero-order valence-corrected chi connectivity index (χ0v) is 9.79. The number of hydrogen-bond donors (Lipinski definition) is 2. The third kappa shape index (κ3) is 4.29. The molecule has 0 aliphatic carbocycles. The molecule has 0 bridgehead atoms. The van der Waals surface area contributed by atoms with Gasteiger partial charge < -0.3 is 15.8 Å². The molecule has 0 radical (unpaired) electrons. The van der Waals surface area contributed by atoms with Gasteiger partial charge >= 0.3 is 5.97 Å². The topological polar surface area (TPSA) is 81.4 Å². The van der Waals surface area contributed by atoms with E-state index in [0.29, 0.717) is 6.42 Å². The second-order valence-corrected chi connectivity index (χ2v) is 4.00. The van der Waals surface area contributed by atoms with Gasteiger partial charge in [0, 0.05) is 0 Å². The van der Waals surface area contributed by atoms with E-state index in [4.69, 9.17) is 5.73 Å². The number of nitrogens with two attached hydrogens (primary N) is 1. The van der Waals surface area contributed by atoms with E-state index in [0.717, 1.165) is 6.42 Å². The number of carbonyl (C=O) groups excluding carboxylic acids is 2. The summed E-state index contributed by atoms with van der Waals surface area (Å²) in [6.07, 6.45) is 1.43. The molecule has 5 nitrogen and oxygen atoms in total. The van der Waals surface area contributed by atoms with Crippen LogP contribution < -0.4 is 11.1 Å². The van der Waals surface area contributed by atoms with Crippen LogP contribution in [0.2, 0.25) is 0 Å². The summed E-state index contributed by atoms with van der Waals surface area (Å²) in [6, 6.07) is -0.570. The third-order valence-electron chi connectivity index (χ3n) is 2.07. The second kappa shape index (κ2) is 5.70. The van der Waals surface area contributed by atoms with Gasteiger partial charge in [-0.15, -0.1) is 0 Å². The highest BCUT2D eigenvalue weighted by Gasteiger charge is 2.31. The number of methoxy groups -OCH3 is 1. The van der Waals surface area contributed by atoms with Gasteiger partial charge in [-0.1, -0.05) is 13.3 Å². The van der Waals surface area contributed by atoms with Crippen LogP contribution in [-0.4, -0.2) is 30.6 Å². The zero-order valence-electron chi connectivity index (χ0n) is 9.79. The lowest BCUT2D eigenvalue weighted by Gasteiger charge is -2.24. The fourth-order valence-electron chi connectivity index (χ4n) is 1.15. The van der Waals surface area contributed by atoms with Crippen molar-refractivity contribution in [1.29, 1.82) is 0 Å². The van der Waals surface area contributed by atoms with Crippen molar-refractivity contribution in [3.8, 4) is 0 Å². The van der Waals surface area contributed by atoms with Gasteiger partial charge in [-0.25, -0.2) is 4.79 Å². The molecule has 0 aliphatic heterocycles. The van der Waals surface area contributed by atoms with Crippen molar-refractivity contribution in [3.63, 3.8) is 0 Å². The van der Waals surface area contributed by atoms with Crippen molar-refractivity contribution in [2.24, 2.45) is 5.73 Å². The SMILES string of the molecule is CCCC(N)C(=O)NC(C)(C)C(=O)OC. The number of rotatable bonds is 5. The van der Waals surface area contributed by atoms with E-state index in [1.54, 1.807) is 13.8 Å². The van der Waals surface area contributed by atoms with Crippen LogP contribution in [0.3, 0.4) is 0 Å². The minimum Gasteiger partial charge on any atom is -0.467 e. The lowest BCUT2D eigenvalue weighted by atomic mass is 10.0. The summed E-state index contributed by atoms with van der Waals surface area (Å²) in [6.45, 7) is 5.10. The van der Waals surface area contributed by atoms with Crippen LogP contribution in [0.1, 0.15) is 33.6 Å². The first-order valence-electron chi connectivity index (χ1n) is 5.01. The highest BCUT2D eigenvalue weighted by molar-refractivity contribution is 5.89. The molecule has 0 heterocycles. The molecular weight excluding hydrogens is 196 g/mol. The Kier molecular flexibility index (Phi) is 5.28. The van der Waals surface area contributed by atoms with Crippen molar-refractivity contribution < 1.29 is 14.3 Å². The largest absolute Gasteiger partial charge is 0.467 e. The normalized spacial score (nSPS) is 13.1. The highest BCUT2D eigenvalue weighted by atomic mass is 16.5. The van der Waals surface area contributed by atoms with E-state index in [1.807, 2.05) is 6.92 Å². The number of carbonyl (C=O) groups is 2. The summed E-state index contributed by atoms with van der Waals surface area (Å²) in [7, 11) is 1.28. The quantitative estimate of drug-likeness (QED) is 0.642. The maximum absolute atomic E-state index is 11.5. The first-order valence-corrected chi connectivity index (χ1v) is 5.01. The Hall–Kier alpha value is -1.10. The van der Waals surface area contributed by atoms with Crippen molar-refractivity contribution in [2.45, 2.75) is 45.2 Å². The van der Waals surface area contributed by atoms with Gasteiger partial charge in [0.05, 0.1) is 13.2 Å². The summed E-state index contributed by atoms with van der Waals surface area (Å²) in [5.41, 5.74) is 4.58. The predicted molar refractivity (Wildman–Crippen MR) is 57.1 cm³/mol. The Morgan fingerprint density at radius 3 is 2.40 bits per heavy atom. The van der Waals surface area contributed by atoms with Crippen LogP contribution in [0.15, 0.2) is 0 Å². The Labute approximate surface area is 90.4 Å². The van der Waals surface area contributed by atoms with Gasteiger partial charge in [0.15, 0.2) is 0 Å². The molecule has 1 unspecified atom stereocenters. The molecule has 0 spiro atoms. The number of ether oxygens (including phenoxy) is 1. The molecule has 5 heteroatoms. The number of nitrogens with one attached hydrogen (secondary N) is 1. The Bertz CT molecular complexity index is 239. The summed E-state index contributed by atoms with van der Waals surface area (Å²) < 4.78 is 4.56. The van der Waals surface area contributed by atoms with Crippen LogP contribution in [0.25, 0.3) is 0 Å². The minimum atomic E-state index is -1.03. The van der Waals surface area contributed by atoms with Crippen LogP contribution in [0.4, 0.5) is 0 Å². The van der Waals surface area contributed by atoms with E-state index in [1.165, 1.54) is 7.11 Å². The fourth-order valence-corrected chi connectivity index (χ4v) is 1.15. The van der Waals surface area contributed by atoms with E-state index < -0.39 is 17.6 Å². The molecule has 0 aliphatic rings. The lowest BCUT2D eigenvalue weighted by Crippen LogP contribution is -2.55. The molecule has 0 aromatic carbocycles. The average molecular weight is 216 g/mol. The summed E-state index contributed by atoms with van der Waals surface area (Å²) in [5.74, 6) is -0.813. The monoisotopic (exact) mass is 216 g/mol. The number of esters is 1. The van der Waals surface area contributed by atoms with Crippen molar-refractivity contribution >= 4 is 11.9 Å². The summed E-state index contributed by atoms with van der Waals surface area (Å²) in [5, 5.41) is 2.55. The smallest absolute Gasteiger partial charge is 0.330 e. The molecule has 0 saturated heterocycles. The van der Waals surface area contributed by atoms with Gasteiger partial charge in [-0.2, -0.15) is 0 Å². The predicted octanol–water partition coefficient (Wildman–Crippen LogP) is 0.182. The average Bonchev–Trinajstić information content (AvgIpc) is 2.16. The Morgan fingerprint density at radius 2 is 2.00 bits per heavy atom. The van der Waals surface area contributed by atoms with Crippen LogP contribution in [-0.2, 0) is 14.3 Å². The van der Waals surface area contributed by atoms with E-state index in [-0.39, 0.29) is 5.91 Å². The van der Waals surface area contributed by atoms with Gasteiger partial charge in [-0.05, 0) is 20.3 Å². The third-order valence-corrected chi connectivity index (χ3v) is 2.07. The maximum Gasteiger partial charge on any atom is 0.330 e. The standard InChI is InChI=1S/C10H20N2O3/c1-5-6-7(11)8(13)12-10(2,3)9(14)15-4/h7H,5-6,11H2,1-4H3,(H,12,13). The van der Waals surface area contributed by atoms with E-state index in [9.17, 15) is 9.59 Å². The van der Waals surface area contributed by atoms with E-state index in [2.05, 4.69) is 10.1 Å². The molecule has 15 heavy (non-hydrogen) atoms. The maximum atomic E-state index is 11.5. The first kappa shape index (κ1) is 13.9. The lowest BCUT2D eigenvalue weighted by molar-refractivity contribution is -0.149. The number of amides is 1. The van der Waals surface area contributed by atoms with Crippen molar-refractivity contribution in [1.82, 2.24) is 5.32 Å². The zero-order chi connectivity index (χ0) is 12.1. The molecule has 0 saturated carbocycles. The molecule has 88 valence electrons. The molecule has 0 aromatic heterocycles. The van der Waals surface area contributed by atoms with E-state index >= 15 is 0 Å². The van der Waals surface area contributed by atoms with Crippen LogP contribution in [0.5, 0.6) is 0 Å². The molecule has 0 aromatic rings. The number of hydrogen-bond acceptors (Lipinski definition) is 4. The highest BCUT2D eigenvalue weighted by Crippen LogP contribution is 2.05. The molecule has 3 N–H and O–H groups in total. The molecule has 1 atom stereocenters. The fraction of sp³-hybridized carbons (Fsp3) is 0.800. The van der Waals surface area contributed by atoms with Gasteiger partial charge in [0.25, 0.3) is 0 Å². The summed E-state index contributed by atoms with van der Waals surface area (Å²) in [4.78, 5) is 22.8. The van der Waals surface area contributed by atoms with Gasteiger partial charge in [0.2, 0.25) is 5.91 Å². The Morgan fingerprint density at radius 1 is 1.47 bits per heavy atom. The van der Waals surface area contributed by atoms with Gasteiger partial charge in [-0.3, -0.25) is 4.79 Å². The minimum absolute atomic E-state index is 0.327. The molecule has 1 amide bonds. The summed E-state index contributed by atoms with van der Waals surface area (Å²) >= 11 is 0. The van der Waals surface area contributed by atoms with Crippen molar-refractivity contribution in [3.05, 3.63) is 0 Å². The molecule has 0 fully saturated rings. The molecular formula is C10H20N2O3. The first-order chi connectivity index (χ1) is 6.85. The van der Waals surface area contributed by atoms with Gasteiger partial charge in [0.1, 0.15) is 5.54 Å². The van der Waals surface area contributed by atoms with Crippen molar-refractivity contribution in [2.75, 3.05) is 7.11 Å². The van der Waals surface area contributed by atoms with Crippen LogP contribution in [0, 0.1) is 0 Å². The second-order valence-electron chi connectivity index (χ2n) is 4.00. The molecule has 0 rings (SSSR count). The Balaban J connectivity index is 4.33. The van der Waals surface area contributed by atoms with Crippen LogP contribution >= 0.6 is 0 Å².